The van der Waals surface area contributed by atoms with E-state index in [4.69, 9.17) is 16.3 Å². The second kappa shape index (κ2) is 5.75. The first kappa shape index (κ1) is 13.4. The number of methoxy groups -OCH3 is 1. The summed E-state index contributed by atoms with van der Waals surface area (Å²) >= 11 is 5.86. The van der Waals surface area contributed by atoms with Crippen LogP contribution in [0.4, 0.5) is 4.39 Å². The van der Waals surface area contributed by atoms with Crippen LogP contribution in [0, 0.1) is 5.82 Å². The van der Waals surface area contributed by atoms with Crippen LogP contribution in [0.2, 0.25) is 5.02 Å². The molecule has 0 amide bonds. The van der Waals surface area contributed by atoms with E-state index in [2.05, 4.69) is 10.2 Å². The van der Waals surface area contributed by atoms with Crippen LogP contribution in [0.25, 0.3) is 0 Å². The van der Waals surface area contributed by atoms with Crippen LogP contribution in [0.3, 0.4) is 0 Å². The van der Waals surface area contributed by atoms with E-state index in [-0.39, 0.29) is 28.5 Å². The van der Waals surface area contributed by atoms with Crippen molar-refractivity contribution >= 4 is 17.4 Å². The number of ketones is 1. The van der Waals surface area contributed by atoms with Crippen LogP contribution in [0.15, 0.2) is 30.3 Å². The van der Waals surface area contributed by atoms with Gasteiger partial charge in [-0.2, -0.15) is 0 Å². The molecular formula is C13H10ClFN2O2. The summed E-state index contributed by atoms with van der Waals surface area (Å²) in [4.78, 5) is 11.9. The van der Waals surface area contributed by atoms with E-state index in [0.29, 0.717) is 5.88 Å². The molecule has 0 fully saturated rings. The molecule has 0 unspecified atom stereocenters. The Labute approximate surface area is 114 Å². The molecule has 0 N–H and O–H groups in total. The number of ether oxygens (including phenoxy) is 1. The van der Waals surface area contributed by atoms with Gasteiger partial charge in [0.25, 0.3) is 0 Å². The number of Topliss-reactive ketones (excluding diaryl/α,β-unsaturated/α-hetero) is 1. The van der Waals surface area contributed by atoms with Crippen LogP contribution in [-0.4, -0.2) is 23.1 Å². The second-order valence-electron chi connectivity index (χ2n) is 3.76. The lowest BCUT2D eigenvalue weighted by atomic mass is 10.1. The van der Waals surface area contributed by atoms with Crippen LogP contribution in [0.1, 0.15) is 16.1 Å². The average molecular weight is 281 g/mol. The van der Waals surface area contributed by atoms with E-state index in [1.807, 2.05) is 0 Å². The number of carbonyl (C=O) groups excluding carboxylic acids is 1. The van der Waals surface area contributed by atoms with Gasteiger partial charge in [0.15, 0.2) is 5.78 Å². The van der Waals surface area contributed by atoms with Gasteiger partial charge in [-0.1, -0.05) is 17.7 Å². The summed E-state index contributed by atoms with van der Waals surface area (Å²) in [6, 6.07) is 7.27. The minimum Gasteiger partial charge on any atom is -0.480 e. The lowest BCUT2D eigenvalue weighted by Gasteiger charge is -2.05. The third-order valence-corrected chi connectivity index (χ3v) is 2.89. The van der Waals surface area contributed by atoms with Gasteiger partial charge < -0.3 is 4.74 Å². The SMILES string of the molecule is COc1ccc(C(=O)Cc2c(F)cccc2Cl)nn1. The highest BCUT2D eigenvalue weighted by Crippen LogP contribution is 2.20. The van der Waals surface area contributed by atoms with Crippen molar-refractivity contribution < 1.29 is 13.9 Å². The fourth-order valence-electron chi connectivity index (χ4n) is 1.53. The minimum absolute atomic E-state index is 0.139. The second-order valence-corrected chi connectivity index (χ2v) is 4.17. The van der Waals surface area contributed by atoms with Crippen molar-refractivity contribution in [2.45, 2.75) is 6.42 Å². The fourth-order valence-corrected chi connectivity index (χ4v) is 1.76. The van der Waals surface area contributed by atoms with Crippen molar-refractivity contribution in [3.8, 4) is 5.88 Å². The van der Waals surface area contributed by atoms with Crippen LogP contribution in [0.5, 0.6) is 5.88 Å². The zero-order valence-electron chi connectivity index (χ0n) is 10.1. The first-order valence-corrected chi connectivity index (χ1v) is 5.83. The van der Waals surface area contributed by atoms with E-state index in [1.165, 1.54) is 37.4 Å². The molecule has 0 bridgehead atoms. The normalized spacial score (nSPS) is 10.3. The zero-order chi connectivity index (χ0) is 13.8. The first-order valence-electron chi connectivity index (χ1n) is 5.45. The van der Waals surface area contributed by atoms with Gasteiger partial charge in [0, 0.05) is 23.1 Å². The van der Waals surface area contributed by atoms with Crippen molar-refractivity contribution in [1.82, 2.24) is 10.2 Å². The Bertz CT molecular complexity index is 582. The fraction of sp³-hybridized carbons (Fsp3) is 0.154. The number of rotatable bonds is 4. The van der Waals surface area contributed by atoms with Gasteiger partial charge in [-0.15, -0.1) is 10.2 Å². The van der Waals surface area contributed by atoms with E-state index in [0.717, 1.165) is 0 Å². The number of nitrogens with zero attached hydrogens (tertiary/aromatic N) is 2. The monoisotopic (exact) mass is 280 g/mol. The molecule has 2 aromatic rings. The Kier molecular flexibility index (Phi) is 4.06. The van der Waals surface area contributed by atoms with Gasteiger partial charge in [0.2, 0.25) is 5.88 Å². The molecule has 0 radical (unpaired) electrons. The maximum Gasteiger partial charge on any atom is 0.233 e. The van der Waals surface area contributed by atoms with E-state index in [9.17, 15) is 9.18 Å². The first-order chi connectivity index (χ1) is 9.11. The topological polar surface area (TPSA) is 52.1 Å². The summed E-state index contributed by atoms with van der Waals surface area (Å²) in [6.45, 7) is 0. The predicted molar refractivity (Wildman–Crippen MR) is 68.0 cm³/mol. The maximum atomic E-state index is 13.6. The van der Waals surface area contributed by atoms with Crippen molar-refractivity contribution in [1.29, 1.82) is 0 Å². The Hall–Kier alpha value is -2.01. The lowest BCUT2D eigenvalue weighted by molar-refractivity contribution is 0.0986. The van der Waals surface area contributed by atoms with Crippen LogP contribution >= 0.6 is 11.6 Å². The smallest absolute Gasteiger partial charge is 0.233 e. The van der Waals surface area contributed by atoms with Gasteiger partial charge in [-0.25, -0.2) is 4.39 Å². The molecule has 1 heterocycles. The largest absolute Gasteiger partial charge is 0.480 e. The third kappa shape index (κ3) is 3.06. The average Bonchev–Trinajstić information content (AvgIpc) is 2.43. The highest BCUT2D eigenvalue weighted by atomic mass is 35.5. The Balaban J connectivity index is 2.20. The van der Waals surface area contributed by atoms with Gasteiger partial charge in [-0.05, 0) is 18.2 Å². The van der Waals surface area contributed by atoms with Crippen molar-refractivity contribution in [2.75, 3.05) is 7.11 Å². The summed E-state index contributed by atoms with van der Waals surface area (Å²) in [7, 11) is 1.45. The number of aromatic nitrogens is 2. The summed E-state index contributed by atoms with van der Waals surface area (Å²) in [6.07, 6.45) is -0.160. The van der Waals surface area contributed by atoms with Gasteiger partial charge >= 0.3 is 0 Å². The molecule has 0 spiro atoms. The molecule has 1 aromatic carbocycles. The molecule has 0 aliphatic carbocycles. The Morgan fingerprint density at radius 2 is 2.11 bits per heavy atom. The van der Waals surface area contributed by atoms with Crippen molar-refractivity contribution in [3.63, 3.8) is 0 Å². The van der Waals surface area contributed by atoms with Gasteiger partial charge in [0.05, 0.1) is 7.11 Å². The molecule has 2 rings (SSSR count). The molecule has 0 saturated heterocycles. The summed E-state index contributed by atoms with van der Waals surface area (Å²) in [5, 5.41) is 7.62. The molecule has 0 aliphatic heterocycles. The number of hydrogen-bond acceptors (Lipinski definition) is 4. The van der Waals surface area contributed by atoms with Gasteiger partial charge in [0.1, 0.15) is 11.5 Å². The maximum absolute atomic E-state index is 13.6. The molecule has 19 heavy (non-hydrogen) atoms. The van der Waals surface area contributed by atoms with E-state index in [1.54, 1.807) is 0 Å². The molecule has 4 nitrogen and oxygen atoms in total. The van der Waals surface area contributed by atoms with Gasteiger partial charge in [-0.3, -0.25) is 4.79 Å². The zero-order valence-corrected chi connectivity index (χ0v) is 10.8. The molecule has 0 saturated carbocycles. The quantitative estimate of drug-likeness (QED) is 0.808. The lowest BCUT2D eigenvalue weighted by Crippen LogP contribution is -2.09. The molecular weight excluding hydrogens is 271 g/mol. The van der Waals surface area contributed by atoms with Crippen molar-refractivity contribution in [3.05, 3.63) is 52.4 Å². The van der Waals surface area contributed by atoms with Crippen LogP contribution < -0.4 is 4.74 Å². The van der Waals surface area contributed by atoms with E-state index < -0.39 is 5.82 Å². The molecule has 98 valence electrons. The van der Waals surface area contributed by atoms with Crippen LogP contribution in [-0.2, 0) is 6.42 Å². The van der Waals surface area contributed by atoms with Crippen molar-refractivity contribution in [2.24, 2.45) is 0 Å². The number of hydrogen-bond donors (Lipinski definition) is 0. The number of benzene rings is 1. The summed E-state index contributed by atoms with van der Waals surface area (Å²) in [5.41, 5.74) is 0.298. The standard InChI is InChI=1S/C13H10ClFN2O2/c1-19-13-6-5-11(16-17-13)12(18)7-8-9(14)3-2-4-10(8)15/h2-6H,7H2,1H3. The molecule has 0 aliphatic rings. The molecule has 6 heteroatoms. The van der Waals surface area contributed by atoms with E-state index >= 15 is 0 Å². The summed E-state index contributed by atoms with van der Waals surface area (Å²) in [5.74, 6) is -0.565. The third-order valence-electron chi connectivity index (χ3n) is 2.53. The minimum atomic E-state index is -0.512. The Morgan fingerprint density at radius 1 is 1.32 bits per heavy atom. The highest BCUT2D eigenvalue weighted by molar-refractivity contribution is 6.31. The highest BCUT2D eigenvalue weighted by Gasteiger charge is 2.15. The molecule has 1 aromatic heterocycles. The Morgan fingerprint density at radius 3 is 2.68 bits per heavy atom. The predicted octanol–water partition coefficient (Wildman–Crippen LogP) is 2.70. The molecule has 0 atom stereocenters. The number of halogens is 2. The number of carbonyl (C=O) groups is 1. The summed E-state index contributed by atoms with van der Waals surface area (Å²) < 4.78 is 18.4.